The molecular formula is C73H142O17P2. The van der Waals surface area contributed by atoms with E-state index in [-0.39, 0.29) is 25.7 Å². The molecule has 0 fully saturated rings. The molecule has 0 aromatic heterocycles. The molecule has 0 aliphatic rings. The number of ether oxygens (including phenoxy) is 4. The molecule has 0 saturated heterocycles. The van der Waals surface area contributed by atoms with Crippen molar-refractivity contribution in [3.05, 3.63) is 0 Å². The van der Waals surface area contributed by atoms with E-state index < -0.39 is 97.5 Å². The lowest BCUT2D eigenvalue weighted by Crippen LogP contribution is -2.30. The van der Waals surface area contributed by atoms with Gasteiger partial charge in [-0.1, -0.05) is 324 Å². The van der Waals surface area contributed by atoms with Crippen molar-refractivity contribution < 1.29 is 80.2 Å². The Morgan fingerprint density at radius 1 is 0.293 bits per heavy atom. The maximum Gasteiger partial charge on any atom is 0.472 e. The molecule has 0 radical (unpaired) electrons. The number of phosphoric acid groups is 2. The van der Waals surface area contributed by atoms with Crippen molar-refractivity contribution in [2.24, 2.45) is 11.8 Å². The second-order valence-electron chi connectivity index (χ2n) is 27.3. The smallest absolute Gasteiger partial charge is 0.462 e. The summed E-state index contributed by atoms with van der Waals surface area (Å²) in [4.78, 5) is 72.5. The Hall–Kier alpha value is -1.94. The summed E-state index contributed by atoms with van der Waals surface area (Å²) >= 11 is 0. The van der Waals surface area contributed by atoms with E-state index in [1.165, 1.54) is 180 Å². The minimum atomic E-state index is -4.95. The van der Waals surface area contributed by atoms with Crippen molar-refractivity contribution in [1.82, 2.24) is 0 Å². The first-order chi connectivity index (χ1) is 44.4. The third kappa shape index (κ3) is 66.7. The number of hydrogen-bond donors (Lipinski definition) is 3. The largest absolute Gasteiger partial charge is 0.472 e. The zero-order chi connectivity index (χ0) is 67.9. The monoisotopic (exact) mass is 1350 g/mol. The molecule has 19 heteroatoms. The van der Waals surface area contributed by atoms with Gasteiger partial charge in [0.05, 0.1) is 26.4 Å². The van der Waals surface area contributed by atoms with Gasteiger partial charge in [-0.15, -0.1) is 0 Å². The molecule has 0 aromatic carbocycles. The molecule has 0 heterocycles. The molecule has 0 spiro atoms. The van der Waals surface area contributed by atoms with Crippen LogP contribution in [0.4, 0.5) is 0 Å². The first kappa shape index (κ1) is 90.1. The SMILES string of the molecule is CCCCCCCCCCCCCCCCCCCCCCCC(=O)O[C@H](COC(=O)CCCCCCCCCCCCCC(C)C)COP(=O)(O)OC[C@@H](O)COP(=O)(O)OC[C@@H](COC(=O)CCCCCCCCC)OC(=O)CCCCCCCCCC(C)C. The number of phosphoric ester groups is 2. The minimum absolute atomic E-state index is 0.103. The topological polar surface area (TPSA) is 237 Å². The van der Waals surface area contributed by atoms with Gasteiger partial charge in [-0.3, -0.25) is 37.3 Å². The number of unbranched alkanes of at least 4 members (excludes halogenated alkanes) is 42. The summed E-state index contributed by atoms with van der Waals surface area (Å²) < 4.78 is 68.2. The molecule has 0 aromatic rings. The quantitative estimate of drug-likeness (QED) is 0.0222. The Labute approximate surface area is 562 Å². The molecule has 0 aliphatic heterocycles. The van der Waals surface area contributed by atoms with E-state index in [0.29, 0.717) is 31.6 Å². The average molecular weight is 1350 g/mol. The maximum atomic E-state index is 13.1. The molecule has 2 unspecified atom stereocenters. The number of carbonyl (C=O) groups is 4. The van der Waals surface area contributed by atoms with Gasteiger partial charge in [0.15, 0.2) is 12.2 Å². The maximum absolute atomic E-state index is 13.1. The third-order valence-corrected chi connectivity index (χ3v) is 18.9. The molecule has 0 amide bonds. The van der Waals surface area contributed by atoms with E-state index in [4.69, 9.17) is 37.0 Å². The van der Waals surface area contributed by atoms with Gasteiger partial charge in [-0.25, -0.2) is 9.13 Å². The van der Waals surface area contributed by atoms with Crippen molar-refractivity contribution in [1.29, 1.82) is 0 Å². The fourth-order valence-electron chi connectivity index (χ4n) is 11.1. The molecule has 0 saturated carbocycles. The zero-order valence-corrected chi connectivity index (χ0v) is 61.6. The zero-order valence-electron chi connectivity index (χ0n) is 59.9. The van der Waals surface area contributed by atoms with Crippen LogP contribution in [0, 0.1) is 11.8 Å². The van der Waals surface area contributed by atoms with E-state index in [2.05, 4.69) is 41.5 Å². The fourth-order valence-corrected chi connectivity index (χ4v) is 12.7. The number of carbonyl (C=O) groups excluding carboxylic acids is 4. The van der Waals surface area contributed by atoms with Gasteiger partial charge >= 0.3 is 39.5 Å². The van der Waals surface area contributed by atoms with Gasteiger partial charge in [0.25, 0.3) is 0 Å². The van der Waals surface area contributed by atoms with Crippen LogP contribution in [-0.4, -0.2) is 96.7 Å². The molecule has 546 valence electrons. The predicted molar refractivity (Wildman–Crippen MR) is 372 cm³/mol. The van der Waals surface area contributed by atoms with Gasteiger partial charge in [0.1, 0.15) is 19.3 Å². The van der Waals surface area contributed by atoms with Gasteiger partial charge in [0.2, 0.25) is 0 Å². The Morgan fingerprint density at radius 2 is 0.500 bits per heavy atom. The van der Waals surface area contributed by atoms with E-state index >= 15 is 0 Å². The minimum Gasteiger partial charge on any atom is -0.462 e. The average Bonchev–Trinajstić information content (AvgIpc) is 3.47. The molecule has 0 aliphatic carbocycles. The number of aliphatic hydroxyl groups is 1. The second kappa shape index (κ2) is 65.0. The van der Waals surface area contributed by atoms with Gasteiger partial charge < -0.3 is 33.8 Å². The summed E-state index contributed by atoms with van der Waals surface area (Å²) in [6.07, 6.45) is 51.8. The Kier molecular flexibility index (Phi) is 63.7. The summed E-state index contributed by atoms with van der Waals surface area (Å²) in [6.45, 7) is 9.46. The van der Waals surface area contributed by atoms with Crippen molar-refractivity contribution in [3.8, 4) is 0 Å². The van der Waals surface area contributed by atoms with Crippen LogP contribution in [0.2, 0.25) is 0 Å². The predicted octanol–water partition coefficient (Wildman–Crippen LogP) is 21.2. The summed E-state index contributed by atoms with van der Waals surface area (Å²) in [7, 11) is -9.90. The van der Waals surface area contributed by atoms with Crippen LogP contribution in [0.1, 0.15) is 375 Å². The summed E-state index contributed by atoms with van der Waals surface area (Å²) in [5, 5.41) is 10.6. The second-order valence-corrected chi connectivity index (χ2v) is 30.2. The summed E-state index contributed by atoms with van der Waals surface area (Å²) in [5.41, 5.74) is 0. The van der Waals surface area contributed by atoms with Gasteiger partial charge in [-0.05, 0) is 37.5 Å². The van der Waals surface area contributed by atoms with Crippen molar-refractivity contribution in [2.75, 3.05) is 39.6 Å². The molecule has 0 bridgehead atoms. The highest BCUT2D eigenvalue weighted by molar-refractivity contribution is 7.47. The van der Waals surface area contributed by atoms with Crippen LogP contribution in [0.25, 0.3) is 0 Å². The van der Waals surface area contributed by atoms with Gasteiger partial charge in [-0.2, -0.15) is 0 Å². The summed E-state index contributed by atoms with van der Waals surface area (Å²) in [6, 6.07) is 0. The van der Waals surface area contributed by atoms with Crippen molar-refractivity contribution >= 4 is 39.5 Å². The van der Waals surface area contributed by atoms with Crippen LogP contribution in [0.15, 0.2) is 0 Å². The Morgan fingerprint density at radius 3 is 0.739 bits per heavy atom. The normalized spacial score (nSPS) is 14.1. The van der Waals surface area contributed by atoms with Crippen molar-refractivity contribution in [3.63, 3.8) is 0 Å². The molecule has 5 atom stereocenters. The molecule has 0 rings (SSSR count). The Balaban J connectivity index is 5.15. The van der Waals surface area contributed by atoms with Crippen LogP contribution in [-0.2, 0) is 65.4 Å². The standard InChI is InChI=1S/C73H142O17P2/c1-7-9-11-13-15-16-17-18-19-20-21-22-23-24-25-26-29-33-39-45-51-57-72(77)89-69(62-84-71(76)56-50-44-38-32-30-27-28-31-36-41-47-53-65(3)4)64-88-92(81,82)86-60-67(74)59-85-91(79,80)87-63-68(61-83-70(75)55-49-43-35-14-12-10-8-2)90-73(78)58-52-46-40-34-37-42-48-54-66(5)6/h65-69,74H,7-64H2,1-6H3,(H,79,80)(H,81,82)/t67-,68+,69+/m0/s1. The van der Waals surface area contributed by atoms with E-state index in [0.717, 1.165) is 109 Å². The number of rotatable bonds is 72. The fraction of sp³-hybridized carbons (Fsp3) is 0.945. The molecule has 17 nitrogen and oxygen atoms in total. The van der Waals surface area contributed by atoms with Crippen LogP contribution < -0.4 is 0 Å². The highest BCUT2D eigenvalue weighted by atomic mass is 31.2. The lowest BCUT2D eigenvalue weighted by molar-refractivity contribution is -0.161. The number of esters is 4. The Bertz CT molecular complexity index is 1790. The highest BCUT2D eigenvalue weighted by Gasteiger charge is 2.30. The van der Waals surface area contributed by atoms with Crippen LogP contribution in [0.3, 0.4) is 0 Å². The first-order valence-corrected chi connectivity index (χ1v) is 41.0. The van der Waals surface area contributed by atoms with E-state index in [1.807, 2.05) is 0 Å². The van der Waals surface area contributed by atoms with Crippen LogP contribution >= 0.6 is 15.6 Å². The van der Waals surface area contributed by atoms with E-state index in [1.54, 1.807) is 0 Å². The molecule has 92 heavy (non-hydrogen) atoms. The summed E-state index contributed by atoms with van der Waals surface area (Å²) in [5.74, 6) is -0.661. The lowest BCUT2D eigenvalue weighted by atomic mass is 10.0. The lowest BCUT2D eigenvalue weighted by Gasteiger charge is -2.21. The van der Waals surface area contributed by atoms with Crippen LogP contribution in [0.5, 0.6) is 0 Å². The molecule has 3 N–H and O–H groups in total. The van der Waals surface area contributed by atoms with E-state index in [9.17, 15) is 43.2 Å². The first-order valence-electron chi connectivity index (χ1n) is 38.0. The number of aliphatic hydroxyl groups excluding tert-OH is 1. The van der Waals surface area contributed by atoms with Gasteiger partial charge in [0, 0.05) is 25.7 Å². The number of hydrogen-bond acceptors (Lipinski definition) is 15. The molecular weight excluding hydrogens is 1210 g/mol. The van der Waals surface area contributed by atoms with Crippen molar-refractivity contribution in [2.45, 2.75) is 394 Å². The third-order valence-electron chi connectivity index (χ3n) is 17.0. The highest BCUT2D eigenvalue weighted by Crippen LogP contribution is 2.45.